The summed E-state index contributed by atoms with van der Waals surface area (Å²) in [5, 5.41) is 16.7. The molecule has 0 bridgehead atoms. The van der Waals surface area contributed by atoms with Crippen LogP contribution in [0.25, 0.3) is 11.0 Å². The number of carboxylic acids is 1. The van der Waals surface area contributed by atoms with Crippen LogP contribution in [0.2, 0.25) is 0 Å². The smallest absolute Gasteiger partial charge is 0.326 e. The van der Waals surface area contributed by atoms with Gasteiger partial charge in [-0.25, -0.2) is 9.48 Å². The van der Waals surface area contributed by atoms with Crippen LogP contribution < -0.4 is 10.9 Å². The molecule has 0 saturated carbocycles. The van der Waals surface area contributed by atoms with E-state index in [0.717, 1.165) is 0 Å². The summed E-state index contributed by atoms with van der Waals surface area (Å²) in [5.74, 6) is -0.647. The zero-order valence-corrected chi connectivity index (χ0v) is 14.0. The molecule has 126 valence electrons. The number of aliphatic carboxylic acids is 1. The quantitative estimate of drug-likeness (QED) is 0.774. The van der Waals surface area contributed by atoms with Gasteiger partial charge in [-0.1, -0.05) is 13.8 Å². The van der Waals surface area contributed by atoms with Crippen LogP contribution in [0.3, 0.4) is 0 Å². The van der Waals surface area contributed by atoms with Gasteiger partial charge in [-0.2, -0.15) is 10.1 Å². The normalized spacial score (nSPS) is 13.5. The van der Waals surface area contributed by atoms with E-state index < -0.39 is 12.0 Å². The molecule has 0 aromatic carbocycles. The average Bonchev–Trinajstić information content (AvgIpc) is 2.81. The van der Waals surface area contributed by atoms with Gasteiger partial charge >= 0.3 is 5.97 Å². The van der Waals surface area contributed by atoms with E-state index in [1.807, 2.05) is 34.6 Å². The lowest BCUT2D eigenvalue weighted by Crippen LogP contribution is -2.32. The molecule has 0 spiro atoms. The van der Waals surface area contributed by atoms with E-state index in [1.165, 1.54) is 6.20 Å². The van der Waals surface area contributed by atoms with Gasteiger partial charge in [-0.05, 0) is 33.1 Å². The summed E-state index contributed by atoms with van der Waals surface area (Å²) >= 11 is 0. The predicted octanol–water partition coefficient (Wildman–Crippen LogP) is 1.79. The summed E-state index contributed by atoms with van der Waals surface area (Å²) < 4.78 is 1.65. The molecule has 8 heteroatoms. The molecule has 2 rings (SSSR count). The van der Waals surface area contributed by atoms with Gasteiger partial charge in [0.1, 0.15) is 11.4 Å². The molecule has 2 aromatic heterocycles. The van der Waals surface area contributed by atoms with Gasteiger partial charge in [0.2, 0.25) is 5.95 Å². The fourth-order valence-electron chi connectivity index (χ4n) is 2.34. The van der Waals surface area contributed by atoms with Crippen molar-refractivity contribution < 1.29 is 9.90 Å². The van der Waals surface area contributed by atoms with Crippen molar-refractivity contribution in [3.63, 3.8) is 0 Å². The number of fused-ring (bicyclic) bond motifs is 1. The molecule has 2 heterocycles. The number of nitrogens with one attached hydrogen (secondary N) is 2. The highest BCUT2D eigenvalue weighted by Gasteiger charge is 2.22. The van der Waals surface area contributed by atoms with Crippen molar-refractivity contribution in [3.8, 4) is 0 Å². The first kappa shape index (κ1) is 17.0. The molecular formula is C15H23N5O3. The third-order valence-electron chi connectivity index (χ3n) is 3.39. The van der Waals surface area contributed by atoms with Gasteiger partial charge in [0.25, 0.3) is 5.56 Å². The third-order valence-corrected chi connectivity index (χ3v) is 3.39. The minimum absolute atomic E-state index is 0.140. The Morgan fingerprint density at radius 2 is 2.09 bits per heavy atom. The zero-order valence-electron chi connectivity index (χ0n) is 14.0. The lowest BCUT2D eigenvalue weighted by atomic mass is 10.0. The number of aromatic nitrogens is 4. The lowest BCUT2D eigenvalue weighted by molar-refractivity contribution is -0.138. The topological polar surface area (TPSA) is 113 Å². The van der Waals surface area contributed by atoms with E-state index >= 15 is 0 Å². The van der Waals surface area contributed by atoms with E-state index in [2.05, 4.69) is 20.4 Å². The molecule has 0 radical (unpaired) electrons. The Morgan fingerprint density at radius 1 is 1.43 bits per heavy atom. The largest absolute Gasteiger partial charge is 0.480 e. The van der Waals surface area contributed by atoms with Crippen molar-refractivity contribution in [3.05, 3.63) is 16.6 Å². The molecule has 2 aromatic rings. The number of carbonyl (C=O) groups is 1. The van der Waals surface area contributed by atoms with E-state index in [-0.39, 0.29) is 23.0 Å². The number of hydrogen-bond donors (Lipinski definition) is 3. The van der Waals surface area contributed by atoms with Crippen molar-refractivity contribution in [2.45, 2.75) is 52.6 Å². The molecule has 1 atom stereocenters. The minimum Gasteiger partial charge on any atom is -0.480 e. The maximum absolute atomic E-state index is 12.2. The number of rotatable bonds is 5. The Morgan fingerprint density at radius 3 is 2.61 bits per heavy atom. The Bertz CT molecular complexity index is 769. The maximum Gasteiger partial charge on any atom is 0.326 e. The van der Waals surface area contributed by atoms with Crippen molar-refractivity contribution >= 4 is 23.0 Å². The van der Waals surface area contributed by atoms with E-state index in [1.54, 1.807) is 4.68 Å². The molecule has 3 N–H and O–H groups in total. The molecule has 0 aliphatic heterocycles. The first-order valence-corrected chi connectivity index (χ1v) is 7.57. The zero-order chi connectivity index (χ0) is 17.4. The molecular weight excluding hydrogens is 298 g/mol. The van der Waals surface area contributed by atoms with Gasteiger partial charge in [0.05, 0.1) is 11.7 Å². The Labute approximate surface area is 133 Å². The summed E-state index contributed by atoms with van der Waals surface area (Å²) in [4.78, 5) is 30.5. The number of anilines is 1. The minimum atomic E-state index is -0.981. The first-order chi connectivity index (χ1) is 10.6. The monoisotopic (exact) mass is 321 g/mol. The van der Waals surface area contributed by atoms with Crippen LogP contribution in [0.4, 0.5) is 5.95 Å². The Kier molecular flexibility index (Phi) is 4.44. The molecule has 0 aliphatic carbocycles. The average molecular weight is 321 g/mol. The van der Waals surface area contributed by atoms with Gasteiger partial charge in [0.15, 0.2) is 5.65 Å². The highest BCUT2D eigenvalue weighted by Crippen LogP contribution is 2.19. The second-order valence-corrected chi connectivity index (χ2v) is 7.04. The molecule has 23 heavy (non-hydrogen) atoms. The fourth-order valence-corrected chi connectivity index (χ4v) is 2.34. The number of H-pyrrole nitrogens is 1. The molecule has 0 unspecified atom stereocenters. The van der Waals surface area contributed by atoms with Gasteiger partial charge in [0, 0.05) is 0 Å². The van der Waals surface area contributed by atoms with E-state index in [4.69, 9.17) is 0 Å². The van der Waals surface area contributed by atoms with Gasteiger partial charge in [-0.3, -0.25) is 9.78 Å². The van der Waals surface area contributed by atoms with Crippen molar-refractivity contribution in [2.75, 3.05) is 5.32 Å². The fraction of sp³-hybridized carbons (Fsp3) is 0.600. The summed E-state index contributed by atoms with van der Waals surface area (Å²) in [7, 11) is 0. The summed E-state index contributed by atoms with van der Waals surface area (Å²) in [6, 6.07) is -0.818. The van der Waals surface area contributed by atoms with E-state index in [9.17, 15) is 14.7 Å². The number of nitrogens with zero attached hydrogens (tertiary/aromatic N) is 3. The standard InChI is InChI=1S/C15H23N5O3/c1-8(2)6-10(13(22)23)17-14-18-11-9(12(21)19-14)7-16-20(11)15(3,4)5/h7-8,10H,6H2,1-5H3,(H,22,23)(H2,17,18,19,21)/t10-/m1/s1. The van der Waals surface area contributed by atoms with Crippen LogP contribution in [-0.2, 0) is 10.3 Å². The SMILES string of the molecule is CC(C)C[C@@H](Nc1nc2c(cnn2C(C)(C)C)c(=O)[nH]1)C(=O)O. The Hall–Kier alpha value is -2.38. The molecule has 0 amide bonds. The van der Waals surface area contributed by atoms with Gasteiger partial charge in [-0.15, -0.1) is 0 Å². The van der Waals surface area contributed by atoms with Crippen LogP contribution in [0.1, 0.15) is 41.0 Å². The van der Waals surface area contributed by atoms with Crippen LogP contribution in [0.15, 0.2) is 11.0 Å². The Balaban J connectivity index is 2.46. The van der Waals surface area contributed by atoms with Crippen molar-refractivity contribution in [2.24, 2.45) is 5.92 Å². The summed E-state index contributed by atoms with van der Waals surface area (Å²) in [6.07, 6.45) is 1.90. The van der Waals surface area contributed by atoms with Crippen molar-refractivity contribution in [1.82, 2.24) is 19.7 Å². The lowest BCUT2D eigenvalue weighted by Gasteiger charge is -2.20. The number of carboxylic acid groups (broad SMARTS) is 1. The molecule has 0 fully saturated rings. The van der Waals surface area contributed by atoms with Crippen LogP contribution in [0.5, 0.6) is 0 Å². The highest BCUT2D eigenvalue weighted by atomic mass is 16.4. The highest BCUT2D eigenvalue weighted by molar-refractivity contribution is 5.78. The van der Waals surface area contributed by atoms with Crippen LogP contribution in [-0.4, -0.2) is 36.9 Å². The van der Waals surface area contributed by atoms with Crippen LogP contribution in [0, 0.1) is 5.92 Å². The van der Waals surface area contributed by atoms with E-state index in [0.29, 0.717) is 17.5 Å². The number of aromatic amines is 1. The van der Waals surface area contributed by atoms with Crippen LogP contribution >= 0.6 is 0 Å². The van der Waals surface area contributed by atoms with Crippen molar-refractivity contribution in [1.29, 1.82) is 0 Å². The summed E-state index contributed by atoms with van der Waals surface area (Å²) in [6.45, 7) is 9.73. The molecule has 0 saturated heterocycles. The van der Waals surface area contributed by atoms with Gasteiger partial charge < -0.3 is 10.4 Å². The first-order valence-electron chi connectivity index (χ1n) is 7.57. The third kappa shape index (κ3) is 3.69. The second-order valence-electron chi connectivity index (χ2n) is 7.04. The summed E-state index contributed by atoms with van der Waals surface area (Å²) in [5.41, 5.74) is -0.261. The second kappa shape index (κ2) is 6.02. The molecule has 0 aliphatic rings. The molecule has 8 nitrogen and oxygen atoms in total. The number of hydrogen-bond acceptors (Lipinski definition) is 5. The predicted molar refractivity (Wildman–Crippen MR) is 87.6 cm³/mol. The maximum atomic E-state index is 12.2.